The number of hydrogen-bond acceptors (Lipinski definition) is 3. The van der Waals surface area contributed by atoms with Crippen LogP contribution >= 0.6 is 0 Å². The van der Waals surface area contributed by atoms with Crippen LogP contribution in [0, 0.1) is 0 Å². The molecule has 0 saturated carbocycles. The first kappa shape index (κ1) is 10.5. The van der Waals surface area contributed by atoms with E-state index < -0.39 is 0 Å². The highest BCUT2D eigenvalue weighted by Gasteiger charge is 2.18. The summed E-state index contributed by atoms with van der Waals surface area (Å²) in [5.41, 5.74) is 5.58. The maximum atomic E-state index is 11.4. The van der Waals surface area contributed by atoms with Crippen LogP contribution < -0.4 is 11.1 Å². The third-order valence-corrected chi connectivity index (χ3v) is 2.28. The standard InChI is InChI=1S/C9H18N2O2/c1-2-8(10)9(12)11-7-4-3-5-13-6-7/h7-8H,2-6,10H2,1H3,(H,11,12)/t7-,8-/m0/s1. The van der Waals surface area contributed by atoms with E-state index in [-0.39, 0.29) is 18.0 Å². The molecule has 0 radical (unpaired) electrons. The van der Waals surface area contributed by atoms with Gasteiger partial charge in [-0.15, -0.1) is 0 Å². The van der Waals surface area contributed by atoms with Gasteiger partial charge in [-0.25, -0.2) is 0 Å². The third-order valence-electron chi connectivity index (χ3n) is 2.28. The Kier molecular flexibility index (Phi) is 4.18. The van der Waals surface area contributed by atoms with Crippen LogP contribution in [0.25, 0.3) is 0 Å². The van der Waals surface area contributed by atoms with Crippen LogP contribution in [0.5, 0.6) is 0 Å². The van der Waals surface area contributed by atoms with Crippen LogP contribution in [0.4, 0.5) is 0 Å². The molecule has 4 nitrogen and oxygen atoms in total. The normalized spacial score (nSPS) is 25.2. The van der Waals surface area contributed by atoms with Crippen molar-refractivity contribution in [2.45, 2.75) is 38.3 Å². The maximum absolute atomic E-state index is 11.4. The van der Waals surface area contributed by atoms with Crippen molar-refractivity contribution in [2.24, 2.45) is 5.73 Å². The number of carbonyl (C=O) groups excluding carboxylic acids is 1. The molecule has 1 aliphatic rings. The van der Waals surface area contributed by atoms with Crippen LogP contribution in [-0.4, -0.2) is 31.2 Å². The van der Waals surface area contributed by atoms with Crippen LogP contribution in [-0.2, 0) is 9.53 Å². The molecule has 1 saturated heterocycles. The lowest BCUT2D eigenvalue weighted by Crippen LogP contribution is -2.47. The molecule has 4 heteroatoms. The average Bonchev–Trinajstić information content (AvgIpc) is 2.18. The highest BCUT2D eigenvalue weighted by atomic mass is 16.5. The number of nitrogens with one attached hydrogen (secondary N) is 1. The van der Waals surface area contributed by atoms with Gasteiger partial charge in [-0.1, -0.05) is 6.92 Å². The van der Waals surface area contributed by atoms with Gasteiger partial charge in [0.15, 0.2) is 0 Å². The Balaban J connectivity index is 2.26. The SMILES string of the molecule is CC[C@H](N)C(=O)N[C@H]1CCCOC1. The lowest BCUT2D eigenvalue weighted by atomic mass is 10.1. The number of carbonyl (C=O) groups is 1. The Morgan fingerprint density at radius 1 is 1.77 bits per heavy atom. The molecule has 0 spiro atoms. The van der Waals surface area contributed by atoms with E-state index in [4.69, 9.17) is 10.5 Å². The average molecular weight is 186 g/mol. The van der Waals surface area contributed by atoms with Crippen molar-refractivity contribution in [2.75, 3.05) is 13.2 Å². The molecule has 0 aromatic rings. The summed E-state index contributed by atoms with van der Waals surface area (Å²) in [6.45, 7) is 3.34. The first-order chi connectivity index (χ1) is 6.24. The number of nitrogens with two attached hydrogens (primary N) is 1. The van der Waals surface area contributed by atoms with Gasteiger partial charge >= 0.3 is 0 Å². The lowest BCUT2D eigenvalue weighted by Gasteiger charge is -2.24. The summed E-state index contributed by atoms with van der Waals surface area (Å²) in [7, 11) is 0. The number of amides is 1. The topological polar surface area (TPSA) is 64.4 Å². The second-order valence-electron chi connectivity index (χ2n) is 3.44. The Morgan fingerprint density at radius 2 is 2.54 bits per heavy atom. The van der Waals surface area contributed by atoms with E-state index in [2.05, 4.69) is 5.32 Å². The summed E-state index contributed by atoms with van der Waals surface area (Å²) in [6, 6.07) is -0.208. The van der Waals surface area contributed by atoms with Gasteiger partial charge in [-0.05, 0) is 19.3 Å². The van der Waals surface area contributed by atoms with Crippen molar-refractivity contribution >= 4 is 5.91 Å². The highest BCUT2D eigenvalue weighted by Crippen LogP contribution is 2.05. The molecular formula is C9H18N2O2. The fourth-order valence-corrected chi connectivity index (χ4v) is 1.35. The summed E-state index contributed by atoms with van der Waals surface area (Å²) in [5.74, 6) is -0.0574. The molecule has 0 aromatic heterocycles. The number of ether oxygens (including phenoxy) is 1. The van der Waals surface area contributed by atoms with Crippen molar-refractivity contribution in [1.82, 2.24) is 5.32 Å². The van der Waals surface area contributed by atoms with Crippen LogP contribution in [0.2, 0.25) is 0 Å². The Morgan fingerprint density at radius 3 is 3.08 bits per heavy atom. The van der Waals surface area contributed by atoms with Crippen LogP contribution in [0.3, 0.4) is 0 Å². The Bertz CT molecular complexity index is 167. The zero-order valence-electron chi connectivity index (χ0n) is 8.08. The van der Waals surface area contributed by atoms with Crippen molar-refractivity contribution in [1.29, 1.82) is 0 Å². The van der Waals surface area contributed by atoms with E-state index in [9.17, 15) is 4.79 Å². The van der Waals surface area contributed by atoms with Gasteiger partial charge in [0.1, 0.15) is 0 Å². The Labute approximate surface area is 78.8 Å². The van der Waals surface area contributed by atoms with Gasteiger partial charge in [0, 0.05) is 6.61 Å². The molecule has 0 unspecified atom stereocenters. The van der Waals surface area contributed by atoms with Gasteiger partial charge in [-0.2, -0.15) is 0 Å². The van der Waals surface area contributed by atoms with E-state index in [0.717, 1.165) is 19.4 Å². The summed E-state index contributed by atoms with van der Waals surface area (Å²) >= 11 is 0. The van der Waals surface area contributed by atoms with Crippen LogP contribution in [0.1, 0.15) is 26.2 Å². The second-order valence-corrected chi connectivity index (χ2v) is 3.44. The summed E-state index contributed by atoms with van der Waals surface area (Å²) in [6.07, 6.45) is 2.70. The van der Waals surface area contributed by atoms with E-state index in [0.29, 0.717) is 13.0 Å². The van der Waals surface area contributed by atoms with Crippen LogP contribution in [0.15, 0.2) is 0 Å². The zero-order valence-corrected chi connectivity index (χ0v) is 8.08. The van der Waals surface area contributed by atoms with Gasteiger partial charge in [-0.3, -0.25) is 4.79 Å². The Hall–Kier alpha value is -0.610. The molecule has 1 aliphatic heterocycles. The van der Waals surface area contributed by atoms with Crippen molar-refractivity contribution < 1.29 is 9.53 Å². The fraction of sp³-hybridized carbons (Fsp3) is 0.889. The largest absolute Gasteiger partial charge is 0.379 e. The monoisotopic (exact) mass is 186 g/mol. The quantitative estimate of drug-likeness (QED) is 0.653. The summed E-state index contributed by atoms with van der Waals surface area (Å²) < 4.78 is 5.24. The fourth-order valence-electron chi connectivity index (χ4n) is 1.35. The predicted molar refractivity (Wildman–Crippen MR) is 50.3 cm³/mol. The van der Waals surface area contributed by atoms with Crippen molar-refractivity contribution in [3.63, 3.8) is 0 Å². The van der Waals surface area contributed by atoms with E-state index >= 15 is 0 Å². The third kappa shape index (κ3) is 3.32. The van der Waals surface area contributed by atoms with E-state index in [1.165, 1.54) is 0 Å². The smallest absolute Gasteiger partial charge is 0.237 e. The molecule has 1 fully saturated rings. The minimum Gasteiger partial charge on any atom is -0.379 e. The summed E-state index contributed by atoms with van der Waals surface area (Å²) in [4.78, 5) is 11.4. The van der Waals surface area contributed by atoms with E-state index in [1.807, 2.05) is 6.92 Å². The molecule has 76 valence electrons. The van der Waals surface area contributed by atoms with E-state index in [1.54, 1.807) is 0 Å². The molecule has 3 N–H and O–H groups in total. The number of rotatable bonds is 3. The van der Waals surface area contributed by atoms with Gasteiger partial charge in [0.25, 0.3) is 0 Å². The zero-order chi connectivity index (χ0) is 9.68. The molecule has 13 heavy (non-hydrogen) atoms. The highest BCUT2D eigenvalue weighted by molar-refractivity contribution is 5.81. The molecule has 0 aromatic carbocycles. The molecule has 2 atom stereocenters. The lowest BCUT2D eigenvalue weighted by molar-refractivity contribution is -0.124. The van der Waals surface area contributed by atoms with Gasteiger partial charge in [0.05, 0.1) is 18.7 Å². The maximum Gasteiger partial charge on any atom is 0.237 e. The number of hydrogen-bond donors (Lipinski definition) is 2. The van der Waals surface area contributed by atoms with Gasteiger partial charge in [0.2, 0.25) is 5.91 Å². The molecule has 0 bridgehead atoms. The van der Waals surface area contributed by atoms with Crippen molar-refractivity contribution in [3.05, 3.63) is 0 Å². The molecule has 1 rings (SSSR count). The predicted octanol–water partition coefficient (Wildman–Crippen LogP) is 0.0189. The molecule has 1 amide bonds. The first-order valence-electron chi connectivity index (χ1n) is 4.87. The van der Waals surface area contributed by atoms with Gasteiger partial charge < -0.3 is 15.8 Å². The molecular weight excluding hydrogens is 168 g/mol. The van der Waals surface area contributed by atoms with Crippen molar-refractivity contribution in [3.8, 4) is 0 Å². The second kappa shape index (κ2) is 5.19. The summed E-state index contributed by atoms with van der Waals surface area (Å²) in [5, 5.41) is 2.88. The molecule has 1 heterocycles. The first-order valence-corrected chi connectivity index (χ1v) is 4.87. The minimum atomic E-state index is -0.373. The minimum absolute atomic E-state index is 0.0574. The molecule has 0 aliphatic carbocycles.